The summed E-state index contributed by atoms with van der Waals surface area (Å²) in [6.07, 6.45) is 3.13. The van der Waals surface area contributed by atoms with E-state index in [1.54, 1.807) is 7.11 Å². The number of methoxy groups -OCH3 is 1. The zero-order valence-corrected chi connectivity index (χ0v) is 15.5. The number of nitrogens with two attached hydrogens (primary N) is 1. The molecule has 25 heavy (non-hydrogen) atoms. The second-order valence-electron chi connectivity index (χ2n) is 6.10. The van der Waals surface area contributed by atoms with Gasteiger partial charge in [0.05, 0.1) is 13.5 Å². The van der Waals surface area contributed by atoms with Gasteiger partial charge in [-0.15, -0.1) is 12.4 Å². The molecule has 0 bridgehead atoms. The Balaban J connectivity index is 0.00000312. The van der Waals surface area contributed by atoms with E-state index in [2.05, 4.69) is 5.32 Å². The molecule has 0 unspecified atom stereocenters. The molecule has 0 saturated carbocycles. The molecule has 1 aliphatic heterocycles. The molecule has 0 aliphatic carbocycles. The minimum Gasteiger partial charge on any atom is -0.496 e. The van der Waals surface area contributed by atoms with E-state index in [4.69, 9.17) is 10.5 Å². The number of ether oxygens (including phenoxy) is 1. The first-order chi connectivity index (χ1) is 11.6. The average molecular weight is 370 g/mol. The van der Waals surface area contributed by atoms with E-state index in [9.17, 15) is 9.59 Å². The Morgan fingerprint density at radius 2 is 1.96 bits per heavy atom. The molecule has 1 aromatic rings. The minimum atomic E-state index is 0. The number of carbonyl (C=O) groups excluding carboxylic acids is 2. The van der Waals surface area contributed by atoms with Crippen LogP contribution in [-0.2, 0) is 16.0 Å². The van der Waals surface area contributed by atoms with Crippen molar-refractivity contribution in [1.82, 2.24) is 10.2 Å². The highest BCUT2D eigenvalue weighted by Crippen LogP contribution is 2.20. The van der Waals surface area contributed by atoms with Gasteiger partial charge >= 0.3 is 0 Å². The van der Waals surface area contributed by atoms with Gasteiger partial charge < -0.3 is 20.7 Å². The molecule has 1 saturated heterocycles. The first-order valence-electron chi connectivity index (χ1n) is 8.53. The Bertz CT molecular complexity index is 560. The second-order valence-corrected chi connectivity index (χ2v) is 6.10. The maximum Gasteiger partial charge on any atom is 0.227 e. The minimum absolute atomic E-state index is 0. The molecule has 1 fully saturated rings. The smallest absolute Gasteiger partial charge is 0.227 e. The molecule has 0 atom stereocenters. The maximum atomic E-state index is 12.5. The standard InChI is InChI=1S/C18H27N3O3.ClH/c1-24-16-6-3-2-5-14(16)13-18(23)21-11-8-15(9-12-21)20-17(22)7-4-10-19;/h2-3,5-6,15H,4,7-13,19H2,1H3,(H,20,22);1H. The summed E-state index contributed by atoms with van der Waals surface area (Å²) in [5.74, 6) is 0.902. The fourth-order valence-corrected chi connectivity index (χ4v) is 2.96. The van der Waals surface area contributed by atoms with Crippen molar-refractivity contribution in [1.29, 1.82) is 0 Å². The highest BCUT2D eigenvalue weighted by atomic mass is 35.5. The van der Waals surface area contributed by atoms with Crippen LogP contribution in [-0.4, -0.2) is 49.5 Å². The number of likely N-dealkylation sites (tertiary alicyclic amines) is 1. The number of hydrogen-bond acceptors (Lipinski definition) is 4. The van der Waals surface area contributed by atoms with Crippen LogP contribution in [0.3, 0.4) is 0 Å². The normalized spacial score (nSPS) is 14.6. The van der Waals surface area contributed by atoms with Crippen molar-refractivity contribution in [2.24, 2.45) is 5.73 Å². The Hall–Kier alpha value is -1.79. The quantitative estimate of drug-likeness (QED) is 0.762. The molecule has 0 aromatic heterocycles. The van der Waals surface area contributed by atoms with Crippen LogP contribution >= 0.6 is 12.4 Å². The number of nitrogens with zero attached hydrogens (tertiary/aromatic N) is 1. The molecule has 1 heterocycles. The molecule has 6 nitrogen and oxygen atoms in total. The molecule has 0 radical (unpaired) electrons. The SMILES string of the molecule is COc1ccccc1CC(=O)N1CCC(NC(=O)CCCN)CC1.Cl. The van der Waals surface area contributed by atoms with E-state index in [0.29, 0.717) is 38.9 Å². The van der Waals surface area contributed by atoms with Crippen LogP contribution in [0.4, 0.5) is 0 Å². The third-order valence-corrected chi connectivity index (χ3v) is 4.35. The molecule has 7 heteroatoms. The Kier molecular flexibility index (Phi) is 9.31. The average Bonchev–Trinajstić information content (AvgIpc) is 2.61. The fraction of sp³-hybridized carbons (Fsp3) is 0.556. The van der Waals surface area contributed by atoms with E-state index in [0.717, 1.165) is 24.2 Å². The third-order valence-electron chi connectivity index (χ3n) is 4.35. The summed E-state index contributed by atoms with van der Waals surface area (Å²) in [6.45, 7) is 1.88. The number of piperidine rings is 1. The molecule has 2 amide bonds. The van der Waals surface area contributed by atoms with Crippen LogP contribution in [0.2, 0.25) is 0 Å². The summed E-state index contributed by atoms with van der Waals surface area (Å²) in [5.41, 5.74) is 6.32. The first-order valence-corrected chi connectivity index (χ1v) is 8.53. The van der Waals surface area contributed by atoms with Gasteiger partial charge in [-0.2, -0.15) is 0 Å². The van der Waals surface area contributed by atoms with Gasteiger partial charge in [0.15, 0.2) is 0 Å². The van der Waals surface area contributed by atoms with Crippen molar-refractivity contribution in [3.63, 3.8) is 0 Å². The highest BCUT2D eigenvalue weighted by Gasteiger charge is 2.24. The summed E-state index contributed by atoms with van der Waals surface area (Å²) in [6, 6.07) is 7.75. The van der Waals surface area contributed by atoms with Gasteiger partial charge in [0.25, 0.3) is 0 Å². The largest absolute Gasteiger partial charge is 0.496 e. The molecule has 140 valence electrons. The van der Waals surface area contributed by atoms with Gasteiger partial charge in [-0.3, -0.25) is 9.59 Å². The summed E-state index contributed by atoms with van der Waals surface area (Å²) in [5, 5.41) is 3.03. The van der Waals surface area contributed by atoms with E-state index in [-0.39, 0.29) is 30.3 Å². The Morgan fingerprint density at radius 1 is 1.28 bits per heavy atom. The van der Waals surface area contributed by atoms with Crippen molar-refractivity contribution in [3.8, 4) is 5.75 Å². The Labute approximate surface area is 155 Å². The number of amides is 2. The molecular weight excluding hydrogens is 342 g/mol. The fourth-order valence-electron chi connectivity index (χ4n) is 2.96. The predicted molar refractivity (Wildman–Crippen MR) is 100.0 cm³/mol. The number of halogens is 1. The van der Waals surface area contributed by atoms with Crippen molar-refractivity contribution in [2.45, 2.75) is 38.1 Å². The summed E-state index contributed by atoms with van der Waals surface area (Å²) in [7, 11) is 1.61. The van der Waals surface area contributed by atoms with Gasteiger partial charge in [0, 0.05) is 31.1 Å². The second kappa shape index (κ2) is 10.9. The summed E-state index contributed by atoms with van der Waals surface area (Å²) >= 11 is 0. The van der Waals surface area contributed by atoms with E-state index >= 15 is 0 Å². The zero-order chi connectivity index (χ0) is 17.4. The first kappa shape index (κ1) is 21.3. The van der Waals surface area contributed by atoms with E-state index in [1.807, 2.05) is 29.2 Å². The van der Waals surface area contributed by atoms with Crippen LogP contribution in [0.5, 0.6) is 5.75 Å². The lowest BCUT2D eigenvalue weighted by atomic mass is 10.0. The lowest BCUT2D eigenvalue weighted by Gasteiger charge is -2.32. The number of nitrogens with one attached hydrogen (secondary N) is 1. The Morgan fingerprint density at radius 3 is 2.60 bits per heavy atom. The topological polar surface area (TPSA) is 84.7 Å². The summed E-state index contributed by atoms with van der Waals surface area (Å²) in [4.78, 5) is 26.1. The van der Waals surface area contributed by atoms with Gasteiger partial charge in [0.1, 0.15) is 5.75 Å². The molecule has 1 aromatic carbocycles. The van der Waals surface area contributed by atoms with Gasteiger partial charge in [-0.05, 0) is 31.9 Å². The number of benzene rings is 1. The van der Waals surface area contributed by atoms with Gasteiger partial charge in [-0.25, -0.2) is 0 Å². The van der Waals surface area contributed by atoms with E-state index < -0.39 is 0 Å². The molecule has 3 N–H and O–H groups in total. The number of rotatable bonds is 7. The number of para-hydroxylation sites is 1. The van der Waals surface area contributed by atoms with Gasteiger partial charge in [-0.1, -0.05) is 18.2 Å². The van der Waals surface area contributed by atoms with Crippen LogP contribution < -0.4 is 15.8 Å². The van der Waals surface area contributed by atoms with Crippen LogP contribution in [0, 0.1) is 0 Å². The zero-order valence-electron chi connectivity index (χ0n) is 14.7. The van der Waals surface area contributed by atoms with Crippen molar-refractivity contribution in [2.75, 3.05) is 26.7 Å². The third kappa shape index (κ3) is 6.55. The van der Waals surface area contributed by atoms with Crippen molar-refractivity contribution in [3.05, 3.63) is 29.8 Å². The monoisotopic (exact) mass is 369 g/mol. The van der Waals surface area contributed by atoms with Gasteiger partial charge in [0.2, 0.25) is 11.8 Å². The van der Waals surface area contributed by atoms with E-state index in [1.165, 1.54) is 0 Å². The lowest BCUT2D eigenvalue weighted by Crippen LogP contribution is -2.47. The van der Waals surface area contributed by atoms with Crippen LogP contribution in [0.25, 0.3) is 0 Å². The predicted octanol–water partition coefficient (Wildman–Crippen LogP) is 1.51. The van der Waals surface area contributed by atoms with Crippen LogP contribution in [0.15, 0.2) is 24.3 Å². The number of hydrogen-bond donors (Lipinski definition) is 2. The number of carbonyl (C=O) groups is 2. The maximum absolute atomic E-state index is 12.5. The molecule has 2 rings (SSSR count). The molecule has 0 spiro atoms. The lowest BCUT2D eigenvalue weighted by molar-refractivity contribution is -0.131. The summed E-state index contributed by atoms with van der Waals surface area (Å²) < 4.78 is 5.30. The molecule has 1 aliphatic rings. The van der Waals surface area contributed by atoms with Crippen molar-refractivity contribution < 1.29 is 14.3 Å². The highest BCUT2D eigenvalue weighted by molar-refractivity contribution is 5.85. The van der Waals surface area contributed by atoms with Crippen molar-refractivity contribution >= 4 is 24.2 Å². The molecular formula is C18H28ClN3O3. The van der Waals surface area contributed by atoms with Crippen LogP contribution in [0.1, 0.15) is 31.2 Å².